The molecule has 1 saturated heterocycles. The van der Waals surface area contributed by atoms with Crippen LogP contribution < -0.4 is 5.32 Å². The first-order valence-corrected chi connectivity index (χ1v) is 8.44. The Morgan fingerprint density at radius 1 is 1.30 bits per heavy atom. The van der Waals surface area contributed by atoms with Crippen molar-refractivity contribution in [3.63, 3.8) is 0 Å². The molecular weight excluding hydrogens is 278 g/mol. The van der Waals surface area contributed by atoms with Crippen LogP contribution in [-0.2, 0) is 14.6 Å². The first kappa shape index (κ1) is 15.0. The molecule has 0 spiro atoms. The lowest BCUT2D eigenvalue weighted by molar-refractivity contribution is -0.122. The second-order valence-electron chi connectivity index (χ2n) is 5.01. The molecule has 110 valence electrons. The van der Waals surface area contributed by atoms with Gasteiger partial charge >= 0.3 is 0 Å². The van der Waals surface area contributed by atoms with E-state index in [0.717, 1.165) is 12.0 Å². The third kappa shape index (κ3) is 3.37. The number of benzene rings is 1. The number of carbonyl (C=O) groups is 1. The van der Waals surface area contributed by atoms with Gasteiger partial charge in [-0.15, -0.1) is 0 Å². The summed E-state index contributed by atoms with van der Waals surface area (Å²) in [6.07, 6.45) is 1.72. The van der Waals surface area contributed by atoms with Crippen molar-refractivity contribution in [1.82, 2.24) is 5.32 Å². The molecule has 0 aliphatic carbocycles. The third-order valence-electron chi connectivity index (χ3n) is 3.57. The van der Waals surface area contributed by atoms with Gasteiger partial charge in [0, 0.05) is 0 Å². The largest absolute Gasteiger partial charge is 0.394 e. The SMILES string of the molecule is O=C(N[C@H](CO)c1ccccc1)C1CCCCS1(=O)=O. The van der Waals surface area contributed by atoms with Gasteiger partial charge in [-0.1, -0.05) is 36.8 Å². The molecule has 0 radical (unpaired) electrons. The first-order valence-electron chi connectivity index (χ1n) is 6.72. The predicted molar refractivity (Wildman–Crippen MR) is 75.8 cm³/mol. The Kier molecular flexibility index (Phi) is 4.77. The van der Waals surface area contributed by atoms with Crippen LogP contribution in [0.3, 0.4) is 0 Å². The highest BCUT2D eigenvalue weighted by Gasteiger charge is 2.35. The molecule has 1 aromatic carbocycles. The Morgan fingerprint density at radius 2 is 2.00 bits per heavy atom. The van der Waals surface area contributed by atoms with E-state index in [0.29, 0.717) is 12.8 Å². The van der Waals surface area contributed by atoms with Crippen LogP contribution in [-0.4, -0.2) is 37.0 Å². The minimum atomic E-state index is -3.35. The number of nitrogens with one attached hydrogen (secondary N) is 1. The number of hydrogen-bond donors (Lipinski definition) is 2. The number of amides is 1. The summed E-state index contributed by atoms with van der Waals surface area (Å²) in [7, 11) is -3.35. The third-order valence-corrected chi connectivity index (χ3v) is 5.75. The Balaban J connectivity index is 2.10. The molecule has 1 aromatic rings. The highest BCUT2D eigenvalue weighted by atomic mass is 32.2. The van der Waals surface area contributed by atoms with Gasteiger partial charge in [-0.3, -0.25) is 4.79 Å². The minimum Gasteiger partial charge on any atom is -0.394 e. The molecule has 1 aliphatic rings. The van der Waals surface area contributed by atoms with Crippen molar-refractivity contribution in [2.24, 2.45) is 0 Å². The fraction of sp³-hybridized carbons (Fsp3) is 0.500. The van der Waals surface area contributed by atoms with Crippen LogP contribution in [0.1, 0.15) is 30.9 Å². The van der Waals surface area contributed by atoms with Crippen molar-refractivity contribution in [2.75, 3.05) is 12.4 Å². The Bertz CT molecular complexity index is 556. The van der Waals surface area contributed by atoms with Crippen molar-refractivity contribution < 1.29 is 18.3 Å². The van der Waals surface area contributed by atoms with Crippen molar-refractivity contribution >= 4 is 15.7 Å². The number of rotatable bonds is 4. The van der Waals surface area contributed by atoms with E-state index in [4.69, 9.17) is 0 Å². The number of carbonyl (C=O) groups excluding carboxylic acids is 1. The van der Waals surface area contributed by atoms with Crippen LogP contribution in [0.4, 0.5) is 0 Å². The lowest BCUT2D eigenvalue weighted by Crippen LogP contribution is -2.44. The molecular formula is C14H19NO4S. The van der Waals surface area contributed by atoms with Crippen molar-refractivity contribution in [3.8, 4) is 0 Å². The summed E-state index contributed by atoms with van der Waals surface area (Å²) < 4.78 is 23.8. The predicted octanol–water partition coefficient (Wildman–Crippen LogP) is 0.803. The van der Waals surface area contributed by atoms with Gasteiger partial charge in [0.15, 0.2) is 9.84 Å². The number of hydrogen-bond acceptors (Lipinski definition) is 4. The highest BCUT2D eigenvalue weighted by molar-refractivity contribution is 7.92. The quantitative estimate of drug-likeness (QED) is 0.861. The highest BCUT2D eigenvalue weighted by Crippen LogP contribution is 2.21. The minimum absolute atomic E-state index is 0.0697. The molecule has 1 unspecified atom stereocenters. The smallest absolute Gasteiger partial charge is 0.238 e. The molecule has 0 saturated carbocycles. The zero-order valence-electron chi connectivity index (χ0n) is 11.2. The molecule has 20 heavy (non-hydrogen) atoms. The molecule has 0 aromatic heterocycles. The molecule has 6 heteroatoms. The Labute approximate surface area is 118 Å². The second-order valence-corrected chi connectivity index (χ2v) is 7.31. The van der Waals surface area contributed by atoms with Gasteiger partial charge in [-0.05, 0) is 18.4 Å². The van der Waals surface area contributed by atoms with Gasteiger partial charge in [0.25, 0.3) is 0 Å². The lowest BCUT2D eigenvalue weighted by Gasteiger charge is -2.24. The molecule has 1 heterocycles. The lowest BCUT2D eigenvalue weighted by atomic mass is 10.1. The van der Waals surface area contributed by atoms with Gasteiger partial charge in [-0.2, -0.15) is 0 Å². The summed E-state index contributed by atoms with van der Waals surface area (Å²) in [6.45, 7) is -0.261. The fourth-order valence-corrected chi connectivity index (χ4v) is 4.24. The summed E-state index contributed by atoms with van der Waals surface area (Å²) in [5, 5.41) is 11.1. The number of sulfone groups is 1. The Morgan fingerprint density at radius 3 is 2.60 bits per heavy atom. The van der Waals surface area contributed by atoms with E-state index in [1.807, 2.05) is 18.2 Å². The van der Waals surface area contributed by atoms with Crippen LogP contribution in [0.25, 0.3) is 0 Å². The number of aliphatic hydroxyl groups is 1. The van der Waals surface area contributed by atoms with E-state index in [1.54, 1.807) is 12.1 Å². The van der Waals surface area contributed by atoms with E-state index in [9.17, 15) is 18.3 Å². The van der Waals surface area contributed by atoms with Crippen molar-refractivity contribution in [1.29, 1.82) is 0 Å². The van der Waals surface area contributed by atoms with Crippen molar-refractivity contribution in [3.05, 3.63) is 35.9 Å². The van der Waals surface area contributed by atoms with E-state index in [-0.39, 0.29) is 12.4 Å². The van der Waals surface area contributed by atoms with E-state index in [1.165, 1.54) is 0 Å². The van der Waals surface area contributed by atoms with Gasteiger partial charge in [-0.25, -0.2) is 8.42 Å². The zero-order chi connectivity index (χ0) is 14.6. The Hall–Kier alpha value is -1.40. The topological polar surface area (TPSA) is 83.5 Å². The molecule has 1 fully saturated rings. The van der Waals surface area contributed by atoms with E-state index in [2.05, 4.69) is 5.32 Å². The molecule has 0 bridgehead atoms. The second kappa shape index (κ2) is 6.37. The van der Waals surface area contributed by atoms with Crippen LogP contribution in [0.5, 0.6) is 0 Å². The normalized spacial score (nSPS) is 22.9. The number of aliphatic hydroxyl groups excluding tert-OH is 1. The van der Waals surface area contributed by atoms with Crippen molar-refractivity contribution in [2.45, 2.75) is 30.6 Å². The molecule has 1 amide bonds. The first-order chi connectivity index (χ1) is 9.54. The maximum atomic E-state index is 12.2. The fourth-order valence-electron chi connectivity index (χ4n) is 2.43. The molecule has 5 nitrogen and oxygen atoms in total. The van der Waals surface area contributed by atoms with Gasteiger partial charge in [0.2, 0.25) is 5.91 Å². The molecule has 2 atom stereocenters. The van der Waals surface area contributed by atoms with Crippen LogP contribution in [0.2, 0.25) is 0 Å². The van der Waals surface area contributed by atoms with Crippen LogP contribution in [0, 0.1) is 0 Å². The molecule has 1 aliphatic heterocycles. The average Bonchev–Trinajstić information content (AvgIpc) is 2.45. The maximum Gasteiger partial charge on any atom is 0.238 e. The maximum absolute atomic E-state index is 12.2. The monoisotopic (exact) mass is 297 g/mol. The molecule has 2 N–H and O–H groups in total. The molecule has 2 rings (SSSR count). The average molecular weight is 297 g/mol. The van der Waals surface area contributed by atoms with Crippen LogP contribution >= 0.6 is 0 Å². The standard InChI is InChI=1S/C14H19NO4S/c16-10-12(11-6-2-1-3-7-11)15-14(17)13-8-4-5-9-20(13,18)19/h1-3,6-7,12-13,16H,4-5,8-10H2,(H,15,17)/t12-,13?/m1/s1. The summed E-state index contributed by atoms with van der Waals surface area (Å²) in [5.74, 6) is -0.437. The summed E-state index contributed by atoms with van der Waals surface area (Å²) >= 11 is 0. The summed E-state index contributed by atoms with van der Waals surface area (Å²) in [6, 6.07) is 8.46. The summed E-state index contributed by atoms with van der Waals surface area (Å²) in [5.41, 5.74) is 0.761. The summed E-state index contributed by atoms with van der Waals surface area (Å²) in [4.78, 5) is 12.2. The van der Waals surface area contributed by atoms with E-state index < -0.39 is 27.0 Å². The van der Waals surface area contributed by atoms with Gasteiger partial charge in [0.05, 0.1) is 18.4 Å². The van der Waals surface area contributed by atoms with Gasteiger partial charge < -0.3 is 10.4 Å². The van der Waals surface area contributed by atoms with Crippen LogP contribution in [0.15, 0.2) is 30.3 Å². The van der Waals surface area contributed by atoms with Gasteiger partial charge in [0.1, 0.15) is 5.25 Å². The van der Waals surface area contributed by atoms with E-state index >= 15 is 0 Å². The zero-order valence-corrected chi connectivity index (χ0v) is 12.0.